The van der Waals surface area contributed by atoms with Crippen LogP contribution in [0.4, 0.5) is 0 Å². The summed E-state index contributed by atoms with van der Waals surface area (Å²) in [5.41, 5.74) is 0.412. The number of aliphatic carboxylic acids is 1. The summed E-state index contributed by atoms with van der Waals surface area (Å²) >= 11 is 3.23. The Morgan fingerprint density at radius 1 is 1.60 bits per heavy atom. The Balaban J connectivity index is 2.77. The Hall–Kier alpha value is -1.30. The lowest BCUT2D eigenvalue weighted by Gasteiger charge is -2.09. The van der Waals surface area contributed by atoms with Gasteiger partial charge in [0.1, 0.15) is 11.7 Å². The summed E-state index contributed by atoms with van der Waals surface area (Å²) in [5, 5.41) is 11.0. The largest absolute Gasteiger partial charge is 0.480 e. The molecule has 0 aromatic carbocycles. The second kappa shape index (κ2) is 4.48. The summed E-state index contributed by atoms with van der Waals surface area (Å²) in [6.45, 7) is 1.41. The van der Waals surface area contributed by atoms with Gasteiger partial charge in [0, 0.05) is 17.7 Å². The van der Waals surface area contributed by atoms with Crippen LogP contribution >= 0.6 is 15.9 Å². The molecule has 0 spiro atoms. The molecule has 5 nitrogen and oxygen atoms in total. The fourth-order valence-electron chi connectivity index (χ4n) is 1.08. The first-order chi connectivity index (χ1) is 6.91. The third-order valence-corrected chi connectivity index (χ3v) is 2.36. The summed E-state index contributed by atoms with van der Waals surface area (Å²) in [7, 11) is 1.71. The van der Waals surface area contributed by atoms with Crippen LogP contribution in [0.1, 0.15) is 17.4 Å². The van der Waals surface area contributed by atoms with Crippen LogP contribution in [0, 0.1) is 0 Å². The number of hydrogen-bond donors (Lipinski definition) is 2. The maximum Gasteiger partial charge on any atom is 0.325 e. The van der Waals surface area contributed by atoms with E-state index in [1.807, 2.05) is 0 Å². The van der Waals surface area contributed by atoms with Crippen molar-refractivity contribution in [1.82, 2.24) is 9.88 Å². The lowest BCUT2D eigenvalue weighted by molar-refractivity contribution is -0.138. The van der Waals surface area contributed by atoms with Crippen molar-refractivity contribution >= 4 is 27.8 Å². The molecule has 1 amide bonds. The summed E-state index contributed by atoms with van der Waals surface area (Å²) in [5.74, 6) is -1.46. The smallest absolute Gasteiger partial charge is 0.325 e. The monoisotopic (exact) mass is 274 g/mol. The van der Waals surface area contributed by atoms with Crippen molar-refractivity contribution in [3.8, 4) is 0 Å². The van der Waals surface area contributed by atoms with Crippen LogP contribution in [0.5, 0.6) is 0 Å². The number of carbonyl (C=O) groups is 2. The summed E-state index contributed by atoms with van der Waals surface area (Å²) in [4.78, 5) is 22.1. The number of rotatable bonds is 3. The van der Waals surface area contributed by atoms with Gasteiger partial charge in [-0.1, -0.05) is 0 Å². The zero-order chi connectivity index (χ0) is 11.6. The molecule has 0 fully saturated rings. The molecule has 1 rings (SSSR count). The molecule has 1 unspecified atom stereocenters. The topological polar surface area (TPSA) is 71.3 Å². The number of nitrogens with zero attached hydrogens (tertiary/aromatic N) is 1. The van der Waals surface area contributed by atoms with Crippen LogP contribution in [-0.2, 0) is 11.8 Å². The van der Waals surface area contributed by atoms with Gasteiger partial charge in [0.15, 0.2) is 0 Å². The van der Waals surface area contributed by atoms with E-state index in [1.165, 1.54) is 6.92 Å². The molecule has 15 heavy (non-hydrogen) atoms. The Bertz CT molecular complexity index is 400. The molecule has 0 aliphatic heterocycles. The molecule has 0 radical (unpaired) electrons. The standard InChI is InChI=1S/C9H11BrN2O3/c1-5(9(14)15)11-8(13)7-3-6(10)4-12(7)2/h3-5H,1-2H3,(H,11,13)(H,14,15). The third kappa shape index (κ3) is 2.82. The predicted octanol–water partition coefficient (Wildman–Crippen LogP) is 0.991. The highest BCUT2D eigenvalue weighted by atomic mass is 79.9. The maximum atomic E-state index is 11.6. The highest BCUT2D eigenvalue weighted by Gasteiger charge is 2.17. The number of halogens is 1. The Morgan fingerprint density at radius 2 is 2.20 bits per heavy atom. The van der Waals surface area contributed by atoms with Crippen LogP contribution in [0.2, 0.25) is 0 Å². The van der Waals surface area contributed by atoms with Crippen LogP contribution < -0.4 is 5.32 Å². The number of aromatic nitrogens is 1. The average Bonchev–Trinajstić information content (AvgIpc) is 2.44. The van der Waals surface area contributed by atoms with Crippen LogP contribution in [-0.4, -0.2) is 27.6 Å². The lowest BCUT2D eigenvalue weighted by Crippen LogP contribution is -2.38. The molecule has 1 atom stereocenters. The van der Waals surface area contributed by atoms with Crippen LogP contribution in [0.15, 0.2) is 16.7 Å². The van der Waals surface area contributed by atoms with Crippen molar-refractivity contribution in [3.63, 3.8) is 0 Å². The van der Waals surface area contributed by atoms with Gasteiger partial charge in [0.25, 0.3) is 5.91 Å². The van der Waals surface area contributed by atoms with Gasteiger partial charge in [-0.25, -0.2) is 0 Å². The average molecular weight is 275 g/mol. The van der Waals surface area contributed by atoms with E-state index in [4.69, 9.17) is 5.11 Å². The molecule has 0 saturated carbocycles. The first-order valence-corrected chi connectivity index (χ1v) is 5.06. The van der Waals surface area contributed by atoms with E-state index in [9.17, 15) is 9.59 Å². The molecule has 1 heterocycles. The minimum absolute atomic E-state index is 0.405. The third-order valence-electron chi connectivity index (χ3n) is 1.92. The SMILES string of the molecule is CC(NC(=O)c1cc(Br)cn1C)C(=O)O. The van der Waals surface area contributed by atoms with Gasteiger partial charge in [-0.2, -0.15) is 0 Å². The molecule has 2 N–H and O–H groups in total. The maximum absolute atomic E-state index is 11.6. The van der Waals surface area contributed by atoms with Gasteiger partial charge in [-0.3, -0.25) is 9.59 Å². The van der Waals surface area contributed by atoms with Crippen molar-refractivity contribution in [3.05, 3.63) is 22.4 Å². The normalized spacial score (nSPS) is 12.2. The Morgan fingerprint density at radius 3 is 2.60 bits per heavy atom. The van der Waals surface area contributed by atoms with Gasteiger partial charge in [0.2, 0.25) is 0 Å². The van der Waals surface area contributed by atoms with Crippen LogP contribution in [0.3, 0.4) is 0 Å². The fraction of sp³-hybridized carbons (Fsp3) is 0.333. The second-order valence-corrected chi connectivity index (χ2v) is 4.10. The van der Waals surface area contributed by atoms with Crippen molar-refractivity contribution in [2.45, 2.75) is 13.0 Å². The molecule has 0 aliphatic rings. The van der Waals surface area contributed by atoms with Crippen molar-refractivity contribution in [2.24, 2.45) is 7.05 Å². The fourth-order valence-corrected chi connectivity index (χ4v) is 1.61. The lowest BCUT2D eigenvalue weighted by atomic mass is 10.3. The molecule has 6 heteroatoms. The van der Waals surface area contributed by atoms with Gasteiger partial charge >= 0.3 is 5.97 Å². The van der Waals surface area contributed by atoms with Crippen molar-refractivity contribution in [2.75, 3.05) is 0 Å². The van der Waals surface area contributed by atoms with E-state index in [0.29, 0.717) is 5.69 Å². The van der Waals surface area contributed by atoms with E-state index < -0.39 is 17.9 Å². The molecule has 1 aromatic rings. The van der Waals surface area contributed by atoms with Crippen molar-refractivity contribution in [1.29, 1.82) is 0 Å². The van der Waals surface area contributed by atoms with Crippen LogP contribution in [0.25, 0.3) is 0 Å². The summed E-state index contributed by atoms with van der Waals surface area (Å²) in [6, 6.07) is 0.732. The number of carboxylic acids is 1. The highest BCUT2D eigenvalue weighted by Crippen LogP contribution is 2.13. The quantitative estimate of drug-likeness (QED) is 0.864. The van der Waals surface area contributed by atoms with E-state index in [1.54, 1.807) is 23.9 Å². The van der Waals surface area contributed by atoms with E-state index in [-0.39, 0.29) is 0 Å². The number of carbonyl (C=O) groups excluding carboxylic acids is 1. The first kappa shape index (κ1) is 11.8. The highest BCUT2D eigenvalue weighted by molar-refractivity contribution is 9.10. The molecular formula is C9H11BrN2O3. The summed E-state index contributed by atoms with van der Waals surface area (Å²) < 4.78 is 2.40. The molecule has 0 aliphatic carbocycles. The summed E-state index contributed by atoms with van der Waals surface area (Å²) in [6.07, 6.45) is 1.72. The van der Waals surface area contributed by atoms with Gasteiger partial charge < -0.3 is 15.0 Å². The number of hydrogen-bond acceptors (Lipinski definition) is 2. The molecule has 1 aromatic heterocycles. The number of carboxylic acid groups (broad SMARTS) is 1. The zero-order valence-electron chi connectivity index (χ0n) is 8.32. The number of amides is 1. The molecule has 0 saturated heterocycles. The number of aryl methyl sites for hydroxylation is 1. The van der Waals surface area contributed by atoms with E-state index in [0.717, 1.165) is 4.47 Å². The van der Waals surface area contributed by atoms with Gasteiger partial charge in [0.05, 0.1) is 0 Å². The Labute approximate surface area is 95.2 Å². The molecular weight excluding hydrogens is 264 g/mol. The minimum Gasteiger partial charge on any atom is -0.480 e. The molecule has 0 bridgehead atoms. The van der Waals surface area contributed by atoms with Crippen molar-refractivity contribution < 1.29 is 14.7 Å². The second-order valence-electron chi connectivity index (χ2n) is 3.19. The minimum atomic E-state index is -1.06. The zero-order valence-corrected chi connectivity index (χ0v) is 9.91. The van der Waals surface area contributed by atoms with Gasteiger partial charge in [-0.05, 0) is 28.9 Å². The Kier molecular flexibility index (Phi) is 3.52. The first-order valence-electron chi connectivity index (χ1n) is 4.27. The number of nitrogens with one attached hydrogen (secondary N) is 1. The van der Waals surface area contributed by atoms with E-state index in [2.05, 4.69) is 21.2 Å². The van der Waals surface area contributed by atoms with Gasteiger partial charge in [-0.15, -0.1) is 0 Å². The van der Waals surface area contributed by atoms with E-state index >= 15 is 0 Å². The molecule has 82 valence electrons. The predicted molar refractivity (Wildman–Crippen MR) is 57.7 cm³/mol.